The van der Waals surface area contributed by atoms with Gasteiger partial charge in [0.15, 0.2) is 0 Å². The summed E-state index contributed by atoms with van der Waals surface area (Å²) in [5.74, 6) is 0. The van der Waals surface area contributed by atoms with E-state index >= 15 is 0 Å². The van der Waals surface area contributed by atoms with Crippen molar-refractivity contribution in [2.75, 3.05) is 33.2 Å². The summed E-state index contributed by atoms with van der Waals surface area (Å²) in [6, 6.07) is 6.84. The van der Waals surface area contributed by atoms with Crippen LogP contribution in [0.1, 0.15) is 31.4 Å². The topological polar surface area (TPSA) is 32.5 Å². The van der Waals surface area contributed by atoms with Crippen LogP contribution in [0.15, 0.2) is 22.7 Å². The Kier molecular flexibility index (Phi) is 6.51. The van der Waals surface area contributed by atoms with Gasteiger partial charge in [0, 0.05) is 28.1 Å². The lowest BCUT2D eigenvalue weighted by Gasteiger charge is -2.40. The molecule has 2 N–H and O–H groups in total. The third-order valence-electron chi connectivity index (χ3n) is 4.62. The Balaban J connectivity index is 2.10. The Labute approximate surface area is 141 Å². The van der Waals surface area contributed by atoms with Crippen LogP contribution >= 0.6 is 27.5 Å². The molecule has 0 saturated carbocycles. The zero-order valence-electron chi connectivity index (χ0n) is 12.9. The van der Waals surface area contributed by atoms with E-state index < -0.39 is 0 Å². The van der Waals surface area contributed by atoms with Crippen molar-refractivity contribution < 1.29 is 0 Å². The standard InChI is InChI=1S/C16H25BrClN3/c1-3-21-8-6-13(7-9-21)20(2)16(11-19)14-5-4-12(17)10-15(14)18/h4-5,10,13,16H,3,6-9,11,19H2,1-2H3. The Hall–Kier alpha value is -0.130. The van der Waals surface area contributed by atoms with E-state index in [-0.39, 0.29) is 6.04 Å². The third kappa shape index (κ3) is 4.20. The van der Waals surface area contributed by atoms with Gasteiger partial charge in [0.2, 0.25) is 0 Å². The summed E-state index contributed by atoms with van der Waals surface area (Å²) in [6.07, 6.45) is 2.41. The van der Waals surface area contributed by atoms with Gasteiger partial charge in [-0.15, -0.1) is 0 Å². The van der Waals surface area contributed by atoms with Gasteiger partial charge in [-0.2, -0.15) is 0 Å². The van der Waals surface area contributed by atoms with Gasteiger partial charge in [0.1, 0.15) is 0 Å². The molecule has 1 heterocycles. The lowest BCUT2D eigenvalue weighted by atomic mass is 9.98. The number of hydrogen-bond donors (Lipinski definition) is 1. The molecular weight excluding hydrogens is 350 g/mol. The zero-order valence-corrected chi connectivity index (χ0v) is 15.2. The Bertz CT molecular complexity index is 461. The van der Waals surface area contributed by atoms with Crippen molar-refractivity contribution in [3.05, 3.63) is 33.3 Å². The van der Waals surface area contributed by atoms with Crippen molar-refractivity contribution in [3.63, 3.8) is 0 Å². The highest BCUT2D eigenvalue weighted by molar-refractivity contribution is 9.10. The third-order valence-corrected chi connectivity index (χ3v) is 5.44. The molecule has 1 aliphatic rings. The number of nitrogens with zero attached hydrogens (tertiary/aromatic N) is 2. The predicted molar refractivity (Wildman–Crippen MR) is 93.8 cm³/mol. The highest BCUT2D eigenvalue weighted by Crippen LogP contribution is 2.31. The second-order valence-corrected chi connectivity index (χ2v) is 7.07. The predicted octanol–water partition coefficient (Wildman–Crippen LogP) is 3.52. The van der Waals surface area contributed by atoms with Gasteiger partial charge in [0.05, 0.1) is 0 Å². The van der Waals surface area contributed by atoms with E-state index in [9.17, 15) is 0 Å². The molecule has 0 bridgehead atoms. The maximum absolute atomic E-state index is 6.41. The van der Waals surface area contributed by atoms with Gasteiger partial charge < -0.3 is 10.6 Å². The van der Waals surface area contributed by atoms with E-state index in [1.807, 2.05) is 12.1 Å². The highest BCUT2D eigenvalue weighted by atomic mass is 79.9. The van der Waals surface area contributed by atoms with Gasteiger partial charge >= 0.3 is 0 Å². The zero-order chi connectivity index (χ0) is 15.4. The molecule has 0 aromatic heterocycles. The Morgan fingerprint density at radius 3 is 2.62 bits per heavy atom. The quantitative estimate of drug-likeness (QED) is 0.856. The fraction of sp³-hybridized carbons (Fsp3) is 0.625. The number of rotatable bonds is 5. The SMILES string of the molecule is CCN1CCC(N(C)C(CN)c2ccc(Br)cc2Cl)CC1. The van der Waals surface area contributed by atoms with Crippen LogP contribution < -0.4 is 5.73 Å². The molecule has 0 aliphatic carbocycles. The lowest BCUT2D eigenvalue weighted by Crippen LogP contribution is -2.46. The molecule has 1 unspecified atom stereocenters. The minimum Gasteiger partial charge on any atom is -0.329 e. The summed E-state index contributed by atoms with van der Waals surface area (Å²) in [5.41, 5.74) is 7.18. The molecule has 3 nitrogen and oxygen atoms in total. The number of likely N-dealkylation sites (N-methyl/N-ethyl adjacent to an activating group) is 1. The van der Waals surface area contributed by atoms with Crippen LogP contribution in [0.5, 0.6) is 0 Å². The van der Waals surface area contributed by atoms with Crippen molar-refractivity contribution in [1.29, 1.82) is 0 Å². The second-order valence-electron chi connectivity index (χ2n) is 5.75. The van der Waals surface area contributed by atoms with Gasteiger partial charge in [-0.3, -0.25) is 4.90 Å². The number of hydrogen-bond acceptors (Lipinski definition) is 3. The van der Waals surface area contributed by atoms with Crippen LogP contribution in [0.3, 0.4) is 0 Å². The van der Waals surface area contributed by atoms with Crippen LogP contribution in [0.4, 0.5) is 0 Å². The monoisotopic (exact) mass is 373 g/mol. The van der Waals surface area contributed by atoms with Crippen LogP contribution in [-0.4, -0.2) is 49.1 Å². The number of halogens is 2. The minimum absolute atomic E-state index is 0.184. The molecular formula is C16H25BrClN3. The van der Waals surface area contributed by atoms with Crippen LogP contribution in [0, 0.1) is 0 Å². The summed E-state index contributed by atoms with van der Waals surface area (Å²) in [6.45, 7) is 6.32. The molecule has 1 atom stereocenters. The normalized spacial score (nSPS) is 19.1. The molecule has 2 rings (SSSR count). The average molecular weight is 375 g/mol. The first kappa shape index (κ1) is 17.2. The molecule has 0 radical (unpaired) electrons. The minimum atomic E-state index is 0.184. The largest absolute Gasteiger partial charge is 0.329 e. The number of nitrogens with two attached hydrogens (primary N) is 1. The number of likely N-dealkylation sites (tertiary alicyclic amines) is 1. The Morgan fingerprint density at radius 2 is 2.10 bits per heavy atom. The fourth-order valence-corrected chi connectivity index (χ4v) is 3.98. The van der Waals surface area contributed by atoms with E-state index in [0.717, 1.165) is 21.6 Å². The fourth-order valence-electron chi connectivity index (χ4n) is 3.18. The molecule has 0 amide bonds. The number of piperidine rings is 1. The molecule has 1 saturated heterocycles. The smallest absolute Gasteiger partial charge is 0.0485 e. The first-order valence-corrected chi connectivity index (χ1v) is 8.83. The molecule has 21 heavy (non-hydrogen) atoms. The molecule has 0 spiro atoms. The van der Waals surface area contributed by atoms with E-state index in [1.165, 1.54) is 25.9 Å². The molecule has 1 fully saturated rings. The molecule has 1 aliphatic heterocycles. The van der Waals surface area contributed by atoms with Crippen molar-refractivity contribution in [2.24, 2.45) is 5.73 Å². The summed E-state index contributed by atoms with van der Waals surface area (Å²) in [4.78, 5) is 4.93. The van der Waals surface area contributed by atoms with Gasteiger partial charge in [0.25, 0.3) is 0 Å². The van der Waals surface area contributed by atoms with E-state index in [2.05, 4.69) is 45.8 Å². The van der Waals surface area contributed by atoms with E-state index in [1.54, 1.807) is 0 Å². The van der Waals surface area contributed by atoms with Gasteiger partial charge in [-0.1, -0.05) is 40.5 Å². The summed E-state index contributed by atoms with van der Waals surface area (Å²) < 4.78 is 1.01. The number of benzene rings is 1. The highest BCUT2D eigenvalue weighted by Gasteiger charge is 2.27. The Morgan fingerprint density at radius 1 is 1.43 bits per heavy atom. The molecule has 1 aromatic carbocycles. The van der Waals surface area contributed by atoms with E-state index in [4.69, 9.17) is 17.3 Å². The van der Waals surface area contributed by atoms with Crippen molar-refractivity contribution in [3.8, 4) is 0 Å². The summed E-state index contributed by atoms with van der Waals surface area (Å²) >= 11 is 9.87. The van der Waals surface area contributed by atoms with Crippen LogP contribution in [0.2, 0.25) is 5.02 Å². The maximum atomic E-state index is 6.41. The van der Waals surface area contributed by atoms with Crippen LogP contribution in [-0.2, 0) is 0 Å². The van der Waals surface area contributed by atoms with Crippen LogP contribution in [0.25, 0.3) is 0 Å². The summed E-state index contributed by atoms with van der Waals surface area (Å²) in [5, 5.41) is 0.790. The molecule has 118 valence electrons. The lowest BCUT2D eigenvalue weighted by molar-refractivity contribution is 0.101. The maximum Gasteiger partial charge on any atom is 0.0485 e. The first-order valence-electron chi connectivity index (χ1n) is 7.66. The molecule has 5 heteroatoms. The van der Waals surface area contributed by atoms with Crippen molar-refractivity contribution >= 4 is 27.5 Å². The van der Waals surface area contributed by atoms with Gasteiger partial charge in [-0.05, 0) is 57.2 Å². The van der Waals surface area contributed by atoms with Crippen molar-refractivity contribution in [1.82, 2.24) is 9.80 Å². The van der Waals surface area contributed by atoms with Gasteiger partial charge in [-0.25, -0.2) is 0 Å². The van der Waals surface area contributed by atoms with Crippen molar-refractivity contribution in [2.45, 2.75) is 31.8 Å². The second kappa shape index (κ2) is 7.93. The average Bonchev–Trinajstić information content (AvgIpc) is 2.50. The molecule has 1 aromatic rings. The van der Waals surface area contributed by atoms with E-state index in [0.29, 0.717) is 12.6 Å². The first-order chi connectivity index (χ1) is 10.1. The summed E-state index contributed by atoms with van der Waals surface area (Å²) in [7, 11) is 2.18.